The Morgan fingerprint density at radius 3 is 2.83 bits per heavy atom. The number of carboxylic acids is 1. The molecular weight excluding hydrogens is 318 g/mol. The highest BCUT2D eigenvalue weighted by Gasteiger charge is 2.34. The summed E-state index contributed by atoms with van der Waals surface area (Å²) >= 11 is 4.84. The smallest absolute Gasteiger partial charge is 0.327 e. The Bertz CT molecular complexity index is 506. The van der Waals surface area contributed by atoms with Gasteiger partial charge in [-0.25, -0.2) is 4.79 Å². The molecule has 1 aromatic rings. The van der Waals surface area contributed by atoms with Crippen LogP contribution in [0.25, 0.3) is 0 Å². The van der Waals surface area contributed by atoms with Crippen molar-refractivity contribution in [1.29, 1.82) is 0 Å². The van der Waals surface area contributed by atoms with E-state index in [0.717, 1.165) is 10.0 Å². The second-order valence-electron chi connectivity index (χ2n) is 4.09. The summed E-state index contributed by atoms with van der Waals surface area (Å²) in [7, 11) is 0. The third kappa shape index (κ3) is 2.54. The van der Waals surface area contributed by atoms with Gasteiger partial charge >= 0.3 is 5.97 Å². The van der Waals surface area contributed by atoms with E-state index in [0.29, 0.717) is 17.2 Å². The zero-order chi connectivity index (χ0) is 13.3. The summed E-state index contributed by atoms with van der Waals surface area (Å²) in [4.78, 5) is 24.7. The summed E-state index contributed by atoms with van der Waals surface area (Å²) in [6.45, 7) is 1.93. The first-order chi connectivity index (χ1) is 8.50. The van der Waals surface area contributed by atoms with E-state index >= 15 is 0 Å². The number of carbonyl (C=O) groups excluding carboxylic acids is 1. The number of aryl methyl sites for hydroxylation is 1. The summed E-state index contributed by atoms with van der Waals surface area (Å²) in [6, 6.07) is 4.59. The van der Waals surface area contributed by atoms with Gasteiger partial charge in [0.15, 0.2) is 0 Å². The van der Waals surface area contributed by atoms with E-state index in [1.165, 1.54) is 16.7 Å². The molecule has 4 nitrogen and oxygen atoms in total. The fraction of sp³-hybridized carbons (Fsp3) is 0.333. The van der Waals surface area contributed by atoms with Gasteiger partial charge < -0.3 is 10.0 Å². The third-order valence-electron chi connectivity index (χ3n) is 2.85. The van der Waals surface area contributed by atoms with Crippen LogP contribution in [0.2, 0.25) is 0 Å². The van der Waals surface area contributed by atoms with Crippen molar-refractivity contribution in [3.8, 4) is 0 Å². The molecule has 18 heavy (non-hydrogen) atoms. The molecule has 0 radical (unpaired) electrons. The molecule has 1 atom stereocenters. The lowest BCUT2D eigenvalue weighted by Crippen LogP contribution is -2.41. The van der Waals surface area contributed by atoms with E-state index < -0.39 is 12.0 Å². The topological polar surface area (TPSA) is 57.6 Å². The number of benzene rings is 1. The van der Waals surface area contributed by atoms with Crippen LogP contribution in [-0.4, -0.2) is 39.6 Å². The van der Waals surface area contributed by atoms with Crippen molar-refractivity contribution < 1.29 is 14.7 Å². The van der Waals surface area contributed by atoms with E-state index in [4.69, 9.17) is 5.11 Å². The van der Waals surface area contributed by atoms with Crippen molar-refractivity contribution in [2.75, 3.05) is 11.6 Å². The zero-order valence-electron chi connectivity index (χ0n) is 9.72. The van der Waals surface area contributed by atoms with Gasteiger partial charge in [0.25, 0.3) is 5.91 Å². The number of rotatable bonds is 2. The molecule has 0 bridgehead atoms. The molecule has 1 aliphatic heterocycles. The van der Waals surface area contributed by atoms with E-state index in [9.17, 15) is 9.59 Å². The summed E-state index contributed by atoms with van der Waals surface area (Å²) in [5.74, 6) is -0.289. The number of carboxylic acid groups (broad SMARTS) is 1. The molecule has 0 aliphatic carbocycles. The van der Waals surface area contributed by atoms with E-state index in [1.807, 2.05) is 13.0 Å². The summed E-state index contributed by atoms with van der Waals surface area (Å²) in [5, 5.41) is 9.06. The predicted octanol–water partition coefficient (Wildman–Crippen LogP) is 2.36. The van der Waals surface area contributed by atoms with Gasteiger partial charge in [-0.05, 0) is 24.6 Å². The lowest BCUT2D eigenvalue weighted by molar-refractivity contribution is -0.140. The first-order valence-electron chi connectivity index (χ1n) is 5.38. The Kier molecular flexibility index (Phi) is 3.97. The zero-order valence-corrected chi connectivity index (χ0v) is 12.1. The average molecular weight is 330 g/mol. The minimum absolute atomic E-state index is 0.229. The van der Waals surface area contributed by atoms with Crippen LogP contribution in [0.15, 0.2) is 22.7 Å². The number of aliphatic carboxylic acids is 1. The Labute approximate surface area is 117 Å². The van der Waals surface area contributed by atoms with Crippen LogP contribution >= 0.6 is 27.7 Å². The second-order valence-corrected chi connectivity index (χ2v) is 5.95. The Morgan fingerprint density at radius 2 is 2.22 bits per heavy atom. The van der Waals surface area contributed by atoms with Gasteiger partial charge in [-0.15, -0.1) is 11.8 Å². The van der Waals surface area contributed by atoms with Crippen molar-refractivity contribution in [1.82, 2.24) is 4.90 Å². The maximum atomic E-state index is 12.3. The molecule has 6 heteroatoms. The summed E-state index contributed by atoms with van der Waals surface area (Å²) in [6.07, 6.45) is 0. The summed E-state index contributed by atoms with van der Waals surface area (Å²) in [5.41, 5.74) is 1.55. The molecular formula is C12H12BrNO3S. The van der Waals surface area contributed by atoms with E-state index in [2.05, 4.69) is 15.9 Å². The van der Waals surface area contributed by atoms with E-state index in [1.54, 1.807) is 12.1 Å². The monoisotopic (exact) mass is 329 g/mol. The molecule has 0 unspecified atom stereocenters. The number of halogens is 1. The molecule has 0 aromatic heterocycles. The van der Waals surface area contributed by atoms with Gasteiger partial charge in [-0.3, -0.25) is 4.79 Å². The quantitative estimate of drug-likeness (QED) is 0.904. The molecule has 2 rings (SSSR count). The van der Waals surface area contributed by atoms with Crippen LogP contribution in [0.5, 0.6) is 0 Å². The molecule has 1 saturated heterocycles. The number of carbonyl (C=O) groups is 2. The van der Waals surface area contributed by atoms with Gasteiger partial charge in [-0.1, -0.05) is 22.0 Å². The maximum absolute atomic E-state index is 12.3. The van der Waals surface area contributed by atoms with Gasteiger partial charge in [0.05, 0.1) is 5.88 Å². The van der Waals surface area contributed by atoms with Crippen LogP contribution in [-0.2, 0) is 4.79 Å². The second kappa shape index (κ2) is 5.32. The first-order valence-corrected chi connectivity index (χ1v) is 7.33. The molecule has 1 aliphatic rings. The molecule has 1 aromatic carbocycles. The largest absolute Gasteiger partial charge is 0.480 e. The Balaban J connectivity index is 2.25. The number of nitrogens with zero attached hydrogens (tertiary/aromatic N) is 1. The lowest BCUT2D eigenvalue weighted by atomic mass is 10.1. The highest BCUT2D eigenvalue weighted by atomic mass is 79.9. The van der Waals surface area contributed by atoms with Crippen LogP contribution in [0.4, 0.5) is 0 Å². The third-order valence-corrected chi connectivity index (χ3v) is 4.71. The molecule has 1 amide bonds. The molecule has 1 N–H and O–H groups in total. The number of hydrogen-bond acceptors (Lipinski definition) is 3. The summed E-state index contributed by atoms with van der Waals surface area (Å²) < 4.78 is 0.854. The fourth-order valence-corrected chi connectivity index (χ4v) is 3.26. The minimum atomic E-state index is -0.945. The van der Waals surface area contributed by atoms with Crippen LogP contribution < -0.4 is 0 Å². The van der Waals surface area contributed by atoms with Crippen LogP contribution in [0.3, 0.4) is 0 Å². The van der Waals surface area contributed by atoms with Crippen LogP contribution in [0, 0.1) is 6.92 Å². The normalized spacial score (nSPS) is 19.0. The number of hydrogen-bond donors (Lipinski definition) is 1. The number of thioether (sulfide) groups is 1. The van der Waals surface area contributed by atoms with Gasteiger partial charge in [-0.2, -0.15) is 0 Å². The maximum Gasteiger partial charge on any atom is 0.327 e. The minimum Gasteiger partial charge on any atom is -0.480 e. The van der Waals surface area contributed by atoms with Gasteiger partial charge in [0, 0.05) is 15.8 Å². The lowest BCUT2D eigenvalue weighted by Gasteiger charge is -2.20. The van der Waals surface area contributed by atoms with Gasteiger partial charge in [0.1, 0.15) is 6.04 Å². The van der Waals surface area contributed by atoms with Crippen molar-refractivity contribution in [3.05, 3.63) is 33.8 Å². The standard InChI is InChI=1S/C12H12BrNO3S/c1-7-2-3-8(4-9(7)13)11(15)14-6-18-5-10(14)12(16)17/h2-4,10H,5-6H2,1H3,(H,16,17)/t10-/m0/s1. The first kappa shape index (κ1) is 13.4. The average Bonchev–Trinajstić information content (AvgIpc) is 2.81. The molecule has 1 heterocycles. The highest BCUT2D eigenvalue weighted by molar-refractivity contribution is 9.10. The van der Waals surface area contributed by atoms with E-state index in [-0.39, 0.29) is 5.91 Å². The van der Waals surface area contributed by atoms with Crippen molar-refractivity contribution in [2.45, 2.75) is 13.0 Å². The molecule has 0 saturated carbocycles. The van der Waals surface area contributed by atoms with Crippen molar-refractivity contribution in [3.63, 3.8) is 0 Å². The fourth-order valence-electron chi connectivity index (χ4n) is 1.74. The molecule has 0 spiro atoms. The van der Waals surface area contributed by atoms with Crippen LogP contribution in [0.1, 0.15) is 15.9 Å². The Hall–Kier alpha value is -1.01. The molecule has 1 fully saturated rings. The highest BCUT2D eigenvalue weighted by Crippen LogP contribution is 2.25. The van der Waals surface area contributed by atoms with Crippen molar-refractivity contribution >= 4 is 39.6 Å². The Morgan fingerprint density at radius 1 is 1.50 bits per heavy atom. The predicted molar refractivity (Wildman–Crippen MR) is 73.8 cm³/mol. The number of amides is 1. The van der Waals surface area contributed by atoms with Gasteiger partial charge in [0.2, 0.25) is 0 Å². The van der Waals surface area contributed by atoms with Crippen molar-refractivity contribution in [2.24, 2.45) is 0 Å². The molecule has 96 valence electrons. The SMILES string of the molecule is Cc1ccc(C(=O)N2CSC[C@H]2C(=O)O)cc1Br.